The number of hydrogen-bond acceptors (Lipinski definition) is 5. The Morgan fingerprint density at radius 3 is 2.81 bits per heavy atom. The highest BCUT2D eigenvalue weighted by molar-refractivity contribution is 5.94. The lowest BCUT2D eigenvalue weighted by Gasteiger charge is -2.06. The highest BCUT2D eigenvalue weighted by Crippen LogP contribution is 2.19. The molecule has 1 rings (SSSR count). The van der Waals surface area contributed by atoms with Crippen molar-refractivity contribution in [2.45, 2.75) is 25.8 Å². The number of carboxylic acids is 1. The SMILES string of the molecule is CCOC(=O)/C(C#N)=C1/CCC(C(=O)O)N1. The molecule has 1 heterocycles. The Kier molecular flexibility index (Phi) is 3.89. The van der Waals surface area contributed by atoms with Crippen LogP contribution in [0.2, 0.25) is 0 Å². The van der Waals surface area contributed by atoms with Crippen molar-refractivity contribution < 1.29 is 19.4 Å². The molecular weight excluding hydrogens is 212 g/mol. The van der Waals surface area contributed by atoms with Crippen molar-refractivity contribution >= 4 is 11.9 Å². The quantitative estimate of drug-likeness (QED) is 0.402. The summed E-state index contributed by atoms with van der Waals surface area (Å²) < 4.78 is 4.70. The van der Waals surface area contributed by atoms with E-state index in [4.69, 9.17) is 15.1 Å². The maximum absolute atomic E-state index is 11.3. The summed E-state index contributed by atoms with van der Waals surface area (Å²) in [6.07, 6.45) is 0.744. The van der Waals surface area contributed by atoms with Crippen molar-refractivity contribution in [1.82, 2.24) is 5.32 Å². The molecule has 0 aromatic heterocycles. The second-order valence-corrected chi connectivity index (χ2v) is 3.26. The number of nitrogens with one attached hydrogen (secondary N) is 1. The van der Waals surface area contributed by atoms with Gasteiger partial charge in [-0.25, -0.2) is 9.59 Å². The van der Waals surface area contributed by atoms with Crippen LogP contribution in [0.4, 0.5) is 0 Å². The highest BCUT2D eigenvalue weighted by Gasteiger charge is 2.28. The fraction of sp³-hybridized carbons (Fsp3) is 0.500. The predicted octanol–water partition coefficient (Wildman–Crippen LogP) is 0.164. The summed E-state index contributed by atoms with van der Waals surface area (Å²) in [6.45, 7) is 1.82. The molecule has 1 fully saturated rings. The van der Waals surface area contributed by atoms with Crippen molar-refractivity contribution in [2.75, 3.05) is 6.61 Å². The minimum absolute atomic E-state index is 0.134. The fourth-order valence-corrected chi connectivity index (χ4v) is 1.47. The van der Waals surface area contributed by atoms with E-state index < -0.39 is 18.0 Å². The van der Waals surface area contributed by atoms with E-state index in [2.05, 4.69) is 5.32 Å². The number of carboxylic acid groups (broad SMARTS) is 1. The summed E-state index contributed by atoms with van der Waals surface area (Å²) in [5.74, 6) is -1.70. The first-order valence-corrected chi connectivity index (χ1v) is 4.89. The molecule has 6 nitrogen and oxygen atoms in total. The van der Waals surface area contributed by atoms with Crippen LogP contribution in [0.5, 0.6) is 0 Å². The van der Waals surface area contributed by atoms with Crippen molar-refractivity contribution in [3.05, 3.63) is 11.3 Å². The van der Waals surface area contributed by atoms with Crippen LogP contribution in [-0.2, 0) is 14.3 Å². The van der Waals surface area contributed by atoms with Crippen molar-refractivity contribution in [3.63, 3.8) is 0 Å². The van der Waals surface area contributed by atoms with Crippen LogP contribution < -0.4 is 5.32 Å². The molecule has 0 aliphatic carbocycles. The molecule has 86 valence electrons. The van der Waals surface area contributed by atoms with E-state index in [-0.39, 0.29) is 12.2 Å². The normalized spacial score (nSPS) is 21.9. The average Bonchev–Trinajstić information content (AvgIpc) is 2.68. The molecule has 0 spiro atoms. The number of rotatable bonds is 3. The molecule has 1 atom stereocenters. The highest BCUT2D eigenvalue weighted by atomic mass is 16.5. The van der Waals surface area contributed by atoms with Gasteiger partial charge < -0.3 is 15.2 Å². The van der Waals surface area contributed by atoms with E-state index in [0.29, 0.717) is 18.5 Å². The standard InChI is InChI=1S/C10H12N2O4/c1-2-16-10(15)6(5-11)7-3-4-8(12-7)9(13)14/h8,12H,2-4H2,1H3,(H,13,14)/b7-6-. The zero-order valence-electron chi connectivity index (χ0n) is 8.82. The third-order valence-electron chi connectivity index (χ3n) is 2.22. The number of aliphatic carboxylic acids is 1. The van der Waals surface area contributed by atoms with E-state index in [1.807, 2.05) is 0 Å². The molecule has 0 aromatic rings. The zero-order valence-corrected chi connectivity index (χ0v) is 8.82. The number of nitrogens with zero attached hydrogens (tertiary/aromatic N) is 1. The van der Waals surface area contributed by atoms with E-state index in [9.17, 15) is 9.59 Å². The summed E-state index contributed by atoms with van der Waals surface area (Å²) in [4.78, 5) is 22.0. The Labute approximate surface area is 92.5 Å². The lowest BCUT2D eigenvalue weighted by atomic mass is 10.2. The van der Waals surface area contributed by atoms with Gasteiger partial charge in [0.1, 0.15) is 12.1 Å². The van der Waals surface area contributed by atoms with E-state index in [1.54, 1.807) is 13.0 Å². The van der Waals surface area contributed by atoms with Gasteiger partial charge in [0, 0.05) is 5.70 Å². The van der Waals surface area contributed by atoms with Gasteiger partial charge in [0.2, 0.25) is 0 Å². The van der Waals surface area contributed by atoms with Gasteiger partial charge in [-0.15, -0.1) is 0 Å². The number of carbonyl (C=O) groups excluding carboxylic acids is 1. The molecular formula is C10H12N2O4. The predicted molar refractivity (Wildman–Crippen MR) is 53.1 cm³/mol. The van der Waals surface area contributed by atoms with Gasteiger partial charge >= 0.3 is 11.9 Å². The Morgan fingerprint density at radius 1 is 1.69 bits per heavy atom. The first kappa shape index (κ1) is 12.0. The fourth-order valence-electron chi connectivity index (χ4n) is 1.47. The van der Waals surface area contributed by atoms with Crippen LogP contribution in [-0.4, -0.2) is 29.7 Å². The summed E-state index contributed by atoms with van der Waals surface area (Å²) in [5, 5.41) is 20.2. The Hall–Kier alpha value is -2.03. The number of nitriles is 1. The molecule has 0 amide bonds. The first-order chi connectivity index (χ1) is 7.60. The number of ether oxygens (including phenoxy) is 1. The van der Waals surface area contributed by atoms with Crippen LogP contribution in [0.15, 0.2) is 11.3 Å². The van der Waals surface area contributed by atoms with Crippen molar-refractivity contribution in [1.29, 1.82) is 5.26 Å². The maximum atomic E-state index is 11.3. The van der Waals surface area contributed by atoms with E-state index >= 15 is 0 Å². The van der Waals surface area contributed by atoms with Gasteiger partial charge in [0.25, 0.3) is 0 Å². The molecule has 1 saturated heterocycles. The van der Waals surface area contributed by atoms with Crippen LogP contribution in [0, 0.1) is 11.3 Å². The van der Waals surface area contributed by atoms with Gasteiger partial charge in [-0.05, 0) is 19.8 Å². The lowest BCUT2D eigenvalue weighted by Crippen LogP contribution is -2.30. The molecule has 16 heavy (non-hydrogen) atoms. The van der Waals surface area contributed by atoms with Gasteiger partial charge in [0.05, 0.1) is 6.61 Å². The summed E-state index contributed by atoms with van der Waals surface area (Å²) in [5.41, 5.74) is 0.221. The topological polar surface area (TPSA) is 99.4 Å². The molecule has 0 bridgehead atoms. The second kappa shape index (κ2) is 5.16. The molecule has 1 aliphatic rings. The van der Waals surface area contributed by atoms with Gasteiger partial charge in [-0.2, -0.15) is 5.26 Å². The van der Waals surface area contributed by atoms with Crippen LogP contribution >= 0.6 is 0 Å². The Balaban J connectivity index is 2.84. The number of hydrogen-bond donors (Lipinski definition) is 2. The molecule has 6 heteroatoms. The zero-order chi connectivity index (χ0) is 12.1. The largest absolute Gasteiger partial charge is 0.480 e. The maximum Gasteiger partial charge on any atom is 0.350 e. The minimum atomic E-state index is -0.990. The van der Waals surface area contributed by atoms with Gasteiger partial charge in [-0.3, -0.25) is 0 Å². The monoisotopic (exact) mass is 224 g/mol. The molecule has 1 aliphatic heterocycles. The Morgan fingerprint density at radius 2 is 2.38 bits per heavy atom. The summed E-state index contributed by atoms with van der Waals surface area (Å²) >= 11 is 0. The van der Waals surface area contributed by atoms with Crippen molar-refractivity contribution in [2.24, 2.45) is 0 Å². The number of esters is 1. The summed E-state index contributed by atoms with van der Waals surface area (Å²) in [7, 11) is 0. The Bertz CT molecular complexity index is 381. The van der Waals surface area contributed by atoms with Crippen LogP contribution in [0.3, 0.4) is 0 Å². The van der Waals surface area contributed by atoms with Gasteiger partial charge in [0.15, 0.2) is 5.57 Å². The molecule has 1 unspecified atom stereocenters. The molecule has 0 aromatic carbocycles. The third kappa shape index (κ3) is 2.51. The van der Waals surface area contributed by atoms with Crippen LogP contribution in [0.1, 0.15) is 19.8 Å². The van der Waals surface area contributed by atoms with Gasteiger partial charge in [-0.1, -0.05) is 0 Å². The summed E-state index contributed by atoms with van der Waals surface area (Å²) in [6, 6.07) is 1.01. The molecule has 2 N–H and O–H groups in total. The third-order valence-corrected chi connectivity index (χ3v) is 2.22. The minimum Gasteiger partial charge on any atom is -0.480 e. The number of allylic oxidation sites excluding steroid dienone is 1. The van der Waals surface area contributed by atoms with E-state index in [1.165, 1.54) is 0 Å². The molecule has 0 radical (unpaired) electrons. The van der Waals surface area contributed by atoms with Crippen LogP contribution in [0.25, 0.3) is 0 Å². The smallest absolute Gasteiger partial charge is 0.350 e. The van der Waals surface area contributed by atoms with E-state index in [0.717, 1.165) is 0 Å². The number of carbonyl (C=O) groups is 2. The second-order valence-electron chi connectivity index (χ2n) is 3.26. The first-order valence-electron chi connectivity index (χ1n) is 4.89. The van der Waals surface area contributed by atoms with Crippen molar-refractivity contribution in [3.8, 4) is 6.07 Å². The molecule has 0 saturated carbocycles. The average molecular weight is 224 g/mol. The lowest BCUT2D eigenvalue weighted by molar-refractivity contribution is -0.139.